The third-order valence-electron chi connectivity index (χ3n) is 4.98. The second-order valence-corrected chi connectivity index (χ2v) is 8.77. The zero-order valence-corrected chi connectivity index (χ0v) is 20.1. The van der Waals surface area contributed by atoms with E-state index in [0.717, 1.165) is 28.2 Å². The maximum absolute atomic E-state index is 14.9. The van der Waals surface area contributed by atoms with Gasteiger partial charge in [-0.05, 0) is 72.5 Å². The number of rotatable bonds is 8. The van der Waals surface area contributed by atoms with Gasteiger partial charge in [0.1, 0.15) is 5.82 Å². The molecule has 0 saturated heterocycles. The number of benzene rings is 3. The lowest BCUT2D eigenvalue weighted by atomic mass is 9.98. The predicted molar refractivity (Wildman–Crippen MR) is 135 cm³/mol. The van der Waals surface area contributed by atoms with Crippen LogP contribution in [0.2, 0.25) is 0 Å². The van der Waals surface area contributed by atoms with Crippen molar-refractivity contribution in [3.05, 3.63) is 96.4 Å². The zero-order chi connectivity index (χ0) is 23.9. The standard InChI is InChI=1S/C26H21FN2O3S2/c1-31-32-34-20-10-12-24(27)23(16-20)22-15-19(33-2)9-11-21(22)26(30)29-18-7-5-6-17(14-18)25-8-3-4-13-28-25/h3-16H,1-2H3,(H,29,30). The molecule has 0 spiro atoms. The van der Waals surface area contributed by atoms with Gasteiger partial charge in [0.25, 0.3) is 5.91 Å². The Balaban J connectivity index is 1.69. The number of aromatic nitrogens is 1. The maximum atomic E-state index is 14.9. The minimum Gasteiger partial charge on any atom is -0.322 e. The van der Waals surface area contributed by atoms with Crippen LogP contribution in [0.4, 0.5) is 10.1 Å². The number of carbonyl (C=O) groups is 1. The molecule has 1 amide bonds. The molecule has 8 heteroatoms. The molecule has 0 unspecified atom stereocenters. The van der Waals surface area contributed by atoms with E-state index in [9.17, 15) is 9.18 Å². The normalized spacial score (nSPS) is 10.8. The van der Waals surface area contributed by atoms with E-state index in [-0.39, 0.29) is 5.91 Å². The lowest BCUT2D eigenvalue weighted by Crippen LogP contribution is -2.13. The quantitative estimate of drug-likeness (QED) is 0.122. The van der Waals surface area contributed by atoms with Crippen molar-refractivity contribution < 1.29 is 18.4 Å². The number of pyridine rings is 1. The lowest BCUT2D eigenvalue weighted by molar-refractivity contribution is -0.160. The highest BCUT2D eigenvalue weighted by atomic mass is 32.2. The van der Waals surface area contributed by atoms with Gasteiger partial charge in [0.05, 0.1) is 24.8 Å². The summed E-state index contributed by atoms with van der Waals surface area (Å²) in [5.41, 5.74) is 3.44. The molecular formula is C26H21FN2O3S2. The molecule has 0 aliphatic carbocycles. The Hall–Kier alpha value is -3.17. The maximum Gasteiger partial charge on any atom is 0.256 e. The molecule has 0 aliphatic heterocycles. The molecular weight excluding hydrogens is 471 g/mol. The van der Waals surface area contributed by atoms with Gasteiger partial charge in [-0.1, -0.05) is 18.2 Å². The molecule has 3 aromatic carbocycles. The van der Waals surface area contributed by atoms with Crippen LogP contribution >= 0.6 is 23.8 Å². The van der Waals surface area contributed by atoms with E-state index in [0.29, 0.717) is 27.3 Å². The summed E-state index contributed by atoms with van der Waals surface area (Å²) in [5, 5.41) is 2.94. The fourth-order valence-corrected chi connectivity index (χ4v) is 4.27. The minimum absolute atomic E-state index is 0.299. The molecule has 0 radical (unpaired) electrons. The van der Waals surface area contributed by atoms with Gasteiger partial charge in [-0.3, -0.25) is 9.78 Å². The second-order valence-electron chi connectivity index (χ2n) is 7.12. The van der Waals surface area contributed by atoms with Crippen molar-refractivity contribution in [2.45, 2.75) is 9.79 Å². The minimum atomic E-state index is -0.439. The van der Waals surface area contributed by atoms with Crippen molar-refractivity contribution in [3.63, 3.8) is 0 Å². The van der Waals surface area contributed by atoms with Crippen molar-refractivity contribution >= 4 is 35.4 Å². The van der Waals surface area contributed by atoms with E-state index in [2.05, 4.69) is 15.2 Å². The average molecular weight is 493 g/mol. The van der Waals surface area contributed by atoms with Crippen LogP contribution in [0.25, 0.3) is 22.4 Å². The number of hydrogen-bond acceptors (Lipinski definition) is 6. The molecule has 4 rings (SSSR count). The van der Waals surface area contributed by atoms with Crippen LogP contribution in [-0.4, -0.2) is 24.3 Å². The Bertz CT molecular complexity index is 1300. The molecule has 5 nitrogen and oxygen atoms in total. The Kier molecular flexibility index (Phi) is 7.97. The van der Waals surface area contributed by atoms with Gasteiger partial charge >= 0.3 is 0 Å². The predicted octanol–water partition coefficient (Wildman–Crippen LogP) is 7.11. The van der Waals surface area contributed by atoms with Crippen LogP contribution in [0.15, 0.2) is 94.9 Å². The lowest BCUT2D eigenvalue weighted by Gasteiger charge is -2.14. The number of amides is 1. The molecule has 0 atom stereocenters. The number of hydrogen-bond donors (Lipinski definition) is 1. The molecule has 0 bridgehead atoms. The molecule has 1 N–H and O–H groups in total. The van der Waals surface area contributed by atoms with Crippen LogP contribution in [0.5, 0.6) is 0 Å². The van der Waals surface area contributed by atoms with Crippen LogP contribution in [-0.2, 0) is 9.22 Å². The van der Waals surface area contributed by atoms with Gasteiger partial charge in [-0.2, -0.15) is 4.33 Å². The van der Waals surface area contributed by atoms with Crippen LogP contribution in [0, 0.1) is 5.82 Å². The molecule has 1 heterocycles. The fourth-order valence-electron chi connectivity index (χ4n) is 3.40. The Morgan fingerprint density at radius 3 is 2.53 bits per heavy atom. The monoisotopic (exact) mass is 492 g/mol. The van der Waals surface area contributed by atoms with E-state index in [1.54, 1.807) is 30.5 Å². The zero-order valence-electron chi connectivity index (χ0n) is 18.4. The topological polar surface area (TPSA) is 60.5 Å². The summed E-state index contributed by atoms with van der Waals surface area (Å²) < 4.78 is 19.8. The highest BCUT2D eigenvalue weighted by Crippen LogP contribution is 2.34. The van der Waals surface area contributed by atoms with Crippen molar-refractivity contribution in [1.29, 1.82) is 0 Å². The summed E-state index contributed by atoms with van der Waals surface area (Å²) in [5.74, 6) is -0.780. The smallest absolute Gasteiger partial charge is 0.256 e. The van der Waals surface area contributed by atoms with Crippen molar-refractivity contribution in [2.75, 3.05) is 18.7 Å². The van der Waals surface area contributed by atoms with Crippen molar-refractivity contribution in [3.8, 4) is 22.4 Å². The van der Waals surface area contributed by atoms with Crippen LogP contribution in [0.3, 0.4) is 0 Å². The third-order valence-corrected chi connectivity index (χ3v) is 6.35. The van der Waals surface area contributed by atoms with Crippen LogP contribution < -0.4 is 5.32 Å². The summed E-state index contributed by atoms with van der Waals surface area (Å²) in [6.07, 6.45) is 3.65. The van der Waals surface area contributed by atoms with Crippen LogP contribution in [0.1, 0.15) is 10.4 Å². The largest absolute Gasteiger partial charge is 0.322 e. The molecule has 1 aromatic heterocycles. The number of anilines is 1. The summed E-state index contributed by atoms with van der Waals surface area (Å²) in [7, 11) is 1.39. The Morgan fingerprint density at radius 2 is 1.76 bits per heavy atom. The fraction of sp³-hybridized carbons (Fsp3) is 0.0769. The first-order valence-electron chi connectivity index (χ1n) is 10.3. The molecule has 4 aromatic rings. The van der Waals surface area contributed by atoms with Crippen molar-refractivity contribution in [1.82, 2.24) is 4.98 Å². The third kappa shape index (κ3) is 5.66. The highest BCUT2D eigenvalue weighted by Gasteiger charge is 2.18. The van der Waals surface area contributed by atoms with E-state index >= 15 is 0 Å². The molecule has 172 valence electrons. The first-order chi connectivity index (χ1) is 16.6. The molecule has 34 heavy (non-hydrogen) atoms. The van der Waals surface area contributed by atoms with Gasteiger partial charge < -0.3 is 5.32 Å². The van der Waals surface area contributed by atoms with Crippen molar-refractivity contribution in [2.24, 2.45) is 0 Å². The van der Waals surface area contributed by atoms with E-state index in [1.807, 2.05) is 54.8 Å². The number of nitrogens with one attached hydrogen (secondary N) is 1. The Labute approximate surface area is 205 Å². The van der Waals surface area contributed by atoms with Gasteiger partial charge in [0.15, 0.2) is 0 Å². The van der Waals surface area contributed by atoms with E-state index in [1.165, 1.54) is 24.9 Å². The molecule has 0 saturated carbocycles. The van der Waals surface area contributed by atoms with E-state index < -0.39 is 5.82 Å². The number of nitrogens with zero attached hydrogens (tertiary/aromatic N) is 1. The highest BCUT2D eigenvalue weighted by molar-refractivity contribution is 7.98. The van der Waals surface area contributed by atoms with Gasteiger partial charge in [-0.15, -0.1) is 11.8 Å². The summed E-state index contributed by atoms with van der Waals surface area (Å²) in [6.45, 7) is 0. The SMILES string of the molecule is COOSc1ccc(F)c(-c2cc(SC)ccc2C(=O)Nc2cccc(-c3ccccn3)c2)c1. The Morgan fingerprint density at radius 1 is 0.941 bits per heavy atom. The van der Waals surface area contributed by atoms with Gasteiger partial charge in [0.2, 0.25) is 0 Å². The number of thioether (sulfide) groups is 1. The molecule has 0 fully saturated rings. The second kappa shape index (κ2) is 11.3. The number of halogens is 1. The molecule has 0 aliphatic rings. The van der Waals surface area contributed by atoms with E-state index in [4.69, 9.17) is 4.33 Å². The summed E-state index contributed by atoms with van der Waals surface area (Å²) >= 11 is 2.48. The summed E-state index contributed by atoms with van der Waals surface area (Å²) in [4.78, 5) is 23.9. The van der Waals surface area contributed by atoms with Gasteiger partial charge in [0, 0.05) is 38.4 Å². The summed E-state index contributed by atoms with van der Waals surface area (Å²) in [6, 6.07) is 23.0. The number of carbonyl (C=O) groups excluding carboxylic acids is 1. The first kappa shape index (κ1) is 24.0. The van der Waals surface area contributed by atoms with Gasteiger partial charge in [-0.25, -0.2) is 9.28 Å². The average Bonchev–Trinajstić information content (AvgIpc) is 2.88. The first-order valence-corrected chi connectivity index (χ1v) is 12.2.